The molecule has 0 saturated heterocycles. The van der Waals surface area contributed by atoms with Gasteiger partial charge in [0.05, 0.1) is 6.54 Å². The summed E-state index contributed by atoms with van der Waals surface area (Å²) in [6.07, 6.45) is 0. The van der Waals surface area contributed by atoms with E-state index in [-0.39, 0.29) is 5.82 Å². The van der Waals surface area contributed by atoms with Crippen molar-refractivity contribution < 1.29 is 4.39 Å². The van der Waals surface area contributed by atoms with Crippen molar-refractivity contribution in [3.05, 3.63) is 46.8 Å². The Morgan fingerprint density at radius 3 is 2.71 bits per heavy atom. The molecule has 2 N–H and O–H groups in total. The number of hydrogen-bond donors (Lipinski definition) is 1. The molecule has 0 bridgehead atoms. The van der Waals surface area contributed by atoms with Gasteiger partial charge in [0.2, 0.25) is 0 Å². The van der Waals surface area contributed by atoms with Gasteiger partial charge in [-0.15, -0.1) is 0 Å². The number of hydrogen-bond acceptors (Lipinski definition) is 3. The molecule has 0 saturated carbocycles. The molecular formula is C12H15FN4. The first-order chi connectivity index (χ1) is 8.10. The number of aryl methyl sites for hydroxylation is 2. The van der Waals surface area contributed by atoms with Crippen molar-refractivity contribution in [2.75, 3.05) is 0 Å². The van der Waals surface area contributed by atoms with E-state index in [0.29, 0.717) is 24.5 Å². The van der Waals surface area contributed by atoms with E-state index in [1.807, 2.05) is 13.8 Å². The first-order valence-corrected chi connectivity index (χ1v) is 5.45. The lowest BCUT2D eigenvalue weighted by Gasteiger charge is -2.06. The molecule has 0 aliphatic carbocycles. The Balaban J connectivity index is 2.32. The molecule has 0 radical (unpaired) electrons. The van der Waals surface area contributed by atoms with Crippen LogP contribution < -0.4 is 5.73 Å². The minimum Gasteiger partial charge on any atom is -0.326 e. The molecule has 1 heterocycles. The molecule has 0 aliphatic rings. The number of rotatable bonds is 3. The number of nitrogens with zero attached hydrogens (tertiary/aromatic N) is 3. The van der Waals surface area contributed by atoms with Crippen molar-refractivity contribution in [2.24, 2.45) is 5.73 Å². The lowest BCUT2D eigenvalue weighted by Crippen LogP contribution is -2.07. The first kappa shape index (κ1) is 11.7. The first-order valence-electron chi connectivity index (χ1n) is 5.45. The fourth-order valence-electron chi connectivity index (χ4n) is 1.75. The van der Waals surface area contributed by atoms with Gasteiger partial charge in [-0.2, -0.15) is 5.10 Å². The maximum atomic E-state index is 13.6. The van der Waals surface area contributed by atoms with Crippen LogP contribution in [-0.4, -0.2) is 14.8 Å². The average Bonchev–Trinajstić information content (AvgIpc) is 2.60. The summed E-state index contributed by atoms with van der Waals surface area (Å²) in [5.74, 6) is 1.23. The standard InChI is InChI=1S/C12H15FN4/c1-8-15-9(2)17(16-8)7-11-5-10(6-14)3-4-12(11)13/h3-5H,6-7,14H2,1-2H3. The van der Waals surface area contributed by atoms with E-state index in [9.17, 15) is 4.39 Å². The van der Waals surface area contributed by atoms with Crippen LogP contribution in [0.2, 0.25) is 0 Å². The summed E-state index contributed by atoms with van der Waals surface area (Å²) in [7, 11) is 0. The topological polar surface area (TPSA) is 56.7 Å². The molecule has 0 unspecified atom stereocenters. The van der Waals surface area contributed by atoms with Gasteiger partial charge >= 0.3 is 0 Å². The molecule has 0 aliphatic heterocycles. The molecule has 5 heteroatoms. The van der Waals surface area contributed by atoms with Gasteiger partial charge in [0.25, 0.3) is 0 Å². The molecule has 17 heavy (non-hydrogen) atoms. The summed E-state index contributed by atoms with van der Waals surface area (Å²) in [6.45, 7) is 4.45. The van der Waals surface area contributed by atoms with Crippen molar-refractivity contribution in [2.45, 2.75) is 26.9 Å². The fraction of sp³-hybridized carbons (Fsp3) is 0.333. The SMILES string of the molecule is Cc1nc(C)n(Cc2cc(CN)ccc2F)n1. The zero-order valence-electron chi connectivity index (χ0n) is 9.94. The Morgan fingerprint density at radius 1 is 1.35 bits per heavy atom. The second-order valence-electron chi connectivity index (χ2n) is 3.99. The highest BCUT2D eigenvalue weighted by Gasteiger charge is 2.08. The van der Waals surface area contributed by atoms with Crippen LogP contribution in [0.4, 0.5) is 4.39 Å². The van der Waals surface area contributed by atoms with Crippen LogP contribution in [0.25, 0.3) is 0 Å². The smallest absolute Gasteiger partial charge is 0.147 e. The van der Waals surface area contributed by atoms with Crippen LogP contribution in [0.3, 0.4) is 0 Å². The average molecular weight is 234 g/mol. The van der Waals surface area contributed by atoms with E-state index in [2.05, 4.69) is 10.1 Å². The van der Waals surface area contributed by atoms with Crippen molar-refractivity contribution in [1.82, 2.24) is 14.8 Å². The van der Waals surface area contributed by atoms with Crippen LogP contribution in [0.15, 0.2) is 18.2 Å². The quantitative estimate of drug-likeness (QED) is 0.876. The van der Waals surface area contributed by atoms with E-state index in [1.54, 1.807) is 16.8 Å². The zero-order valence-corrected chi connectivity index (χ0v) is 9.94. The zero-order chi connectivity index (χ0) is 12.4. The van der Waals surface area contributed by atoms with Gasteiger partial charge in [0, 0.05) is 12.1 Å². The molecule has 0 spiro atoms. The van der Waals surface area contributed by atoms with Crippen molar-refractivity contribution in [1.29, 1.82) is 0 Å². The predicted molar refractivity (Wildman–Crippen MR) is 62.9 cm³/mol. The normalized spacial score (nSPS) is 10.8. The van der Waals surface area contributed by atoms with Gasteiger partial charge in [0.15, 0.2) is 0 Å². The largest absolute Gasteiger partial charge is 0.326 e. The van der Waals surface area contributed by atoms with E-state index in [0.717, 1.165) is 11.4 Å². The van der Waals surface area contributed by atoms with Crippen molar-refractivity contribution in [3.8, 4) is 0 Å². The second kappa shape index (κ2) is 4.63. The predicted octanol–water partition coefficient (Wildman–Crippen LogP) is 1.54. The van der Waals surface area contributed by atoms with E-state index in [4.69, 9.17) is 5.73 Å². The molecule has 2 rings (SSSR count). The summed E-state index contributed by atoms with van der Waals surface area (Å²) in [5, 5.41) is 4.21. The highest BCUT2D eigenvalue weighted by Crippen LogP contribution is 2.12. The molecule has 0 amide bonds. The molecule has 2 aromatic rings. The third kappa shape index (κ3) is 2.50. The molecule has 90 valence electrons. The minimum absolute atomic E-state index is 0.241. The van der Waals surface area contributed by atoms with E-state index < -0.39 is 0 Å². The van der Waals surface area contributed by atoms with E-state index >= 15 is 0 Å². The summed E-state index contributed by atoms with van der Waals surface area (Å²) in [6, 6.07) is 4.90. The Kier molecular flexibility index (Phi) is 3.19. The Bertz CT molecular complexity index is 533. The van der Waals surface area contributed by atoms with Crippen LogP contribution in [0.1, 0.15) is 22.8 Å². The molecule has 4 nitrogen and oxygen atoms in total. The highest BCUT2D eigenvalue weighted by atomic mass is 19.1. The fourth-order valence-corrected chi connectivity index (χ4v) is 1.75. The number of halogens is 1. The number of aromatic nitrogens is 3. The molecular weight excluding hydrogens is 219 g/mol. The van der Waals surface area contributed by atoms with Crippen LogP contribution >= 0.6 is 0 Å². The molecule has 1 aromatic heterocycles. The van der Waals surface area contributed by atoms with Gasteiger partial charge in [-0.1, -0.05) is 6.07 Å². The van der Waals surface area contributed by atoms with Gasteiger partial charge in [-0.05, 0) is 31.5 Å². The van der Waals surface area contributed by atoms with Gasteiger partial charge in [-0.25, -0.2) is 14.1 Å². The van der Waals surface area contributed by atoms with Crippen LogP contribution in [0, 0.1) is 19.7 Å². The van der Waals surface area contributed by atoms with Gasteiger partial charge < -0.3 is 5.73 Å². The molecule has 0 fully saturated rings. The van der Waals surface area contributed by atoms with Crippen molar-refractivity contribution in [3.63, 3.8) is 0 Å². The minimum atomic E-state index is -0.241. The Hall–Kier alpha value is -1.75. The maximum absolute atomic E-state index is 13.6. The van der Waals surface area contributed by atoms with E-state index in [1.165, 1.54) is 6.07 Å². The molecule has 1 aromatic carbocycles. The third-order valence-corrected chi connectivity index (χ3v) is 2.63. The monoisotopic (exact) mass is 234 g/mol. The summed E-state index contributed by atoms with van der Waals surface area (Å²) in [5.41, 5.74) is 7.04. The van der Waals surface area contributed by atoms with Gasteiger partial charge in [-0.3, -0.25) is 0 Å². The Morgan fingerprint density at radius 2 is 2.12 bits per heavy atom. The third-order valence-electron chi connectivity index (χ3n) is 2.63. The number of benzene rings is 1. The maximum Gasteiger partial charge on any atom is 0.147 e. The van der Waals surface area contributed by atoms with Gasteiger partial charge in [0.1, 0.15) is 17.5 Å². The lowest BCUT2D eigenvalue weighted by atomic mass is 10.1. The number of nitrogens with two attached hydrogens (primary N) is 1. The second-order valence-corrected chi connectivity index (χ2v) is 3.99. The highest BCUT2D eigenvalue weighted by molar-refractivity contribution is 5.25. The van der Waals surface area contributed by atoms with Crippen LogP contribution in [0.5, 0.6) is 0 Å². The summed E-state index contributed by atoms with van der Waals surface area (Å²) in [4.78, 5) is 4.18. The lowest BCUT2D eigenvalue weighted by molar-refractivity contribution is 0.577. The Labute approximate surface area is 99.3 Å². The molecule has 0 atom stereocenters. The van der Waals surface area contributed by atoms with Crippen LogP contribution in [-0.2, 0) is 13.1 Å². The van der Waals surface area contributed by atoms with Crippen molar-refractivity contribution >= 4 is 0 Å². The summed E-state index contributed by atoms with van der Waals surface area (Å²) < 4.78 is 15.3. The summed E-state index contributed by atoms with van der Waals surface area (Å²) >= 11 is 0.